The van der Waals surface area contributed by atoms with Gasteiger partial charge in [-0.2, -0.15) is 0 Å². The van der Waals surface area contributed by atoms with Gasteiger partial charge >= 0.3 is 0 Å². The van der Waals surface area contributed by atoms with Crippen LogP contribution in [0.25, 0.3) is 74.7 Å². The fourth-order valence-electron chi connectivity index (χ4n) is 7.71. The Morgan fingerprint density at radius 3 is 1.84 bits per heavy atom. The molecule has 0 saturated carbocycles. The Morgan fingerprint density at radius 2 is 0.980 bits per heavy atom. The van der Waals surface area contributed by atoms with Crippen LogP contribution in [0.2, 0.25) is 0 Å². The Balaban J connectivity index is 1.17. The molecule has 9 aromatic carbocycles. The lowest BCUT2D eigenvalue weighted by molar-refractivity contribution is 1.30. The molecule has 1 aromatic heterocycles. The summed E-state index contributed by atoms with van der Waals surface area (Å²) in [6.07, 6.45) is 0. The van der Waals surface area contributed by atoms with E-state index in [0.717, 1.165) is 11.4 Å². The molecule has 2 heteroatoms. The van der Waals surface area contributed by atoms with Crippen molar-refractivity contribution in [3.63, 3.8) is 0 Å². The maximum absolute atomic E-state index is 2.44. The van der Waals surface area contributed by atoms with Gasteiger partial charge in [0.25, 0.3) is 0 Å². The number of anilines is 3. The van der Waals surface area contributed by atoms with Gasteiger partial charge in [-0.15, -0.1) is 11.3 Å². The van der Waals surface area contributed by atoms with Gasteiger partial charge in [-0.1, -0.05) is 146 Å². The van der Waals surface area contributed by atoms with E-state index in [1.807, 2.05) is 11.3 Å². The number of fused-ring (bicyclic) bond motifs is 7. The van der Waals surface area contributed by atoms with E-state index in [9.17, 15) is 0 Å². The van der Waals surface area contributed by atoms with Gasteiger partial charge in [0.2, 0.25) is 0 Å². The molecular formula is C48H31NS. The zero-order valence-corrected chi connectivity index (χ0v) is 28.1. The van der Waals surface area contributed by atoms with E-state index in [1.54, 1.807) is 0 Å². The Hall–Kier alpha value is -6.22. The predicted molar refractivity (Wildman–Crippen MR) is 217 cm³/mol. The van der Waals surface area contributed by atoms with Crippen molar-refractivity contribution in [3.05, 3.63) is 188 Å². The van der Waals surface area contributed by atoms with Crippen LogP contribution in [0.15, 0.2) is 188 Å². The molecule has 1 nitrogen and oxygen atoms in total. The Labute approximate surface area is 294 Å². The van der Waals surface area contributed by atoms with Crippen LogP contribution in [-0.2, 0) is 0 Å². The Kier molecular flexibility index (Phi) is 6.75. The van der Waals surface area contributed by atoms with Gasteiger partial charge in [-0.05, 0) is 97.0 Å². The van der Waals surface area contributed by atoms with Gasteiger partial charge in [0, 0.05) is 26.8 Å². The fourth-order valence-corrected chi connectivity index (χ4v) is 8.91. The SMILES string of the molecule is c1cc(-c2cccc3ccccc23)cc(N(c2ccc(-c3cc4ccccc4c4ccccc34)cc2)c2cccc3c2sc2ccccc23)c1. The van der Waals surface area contributed by atoms with Crippen molar-refractivity contribution in [1.82, 2.24) is 0 Å². The highest BCUT2D eigenvalue weighted by atomic mass is 32.1. The standard InChI is InChI=1S/C48H31NS/c1-3-17-38-32(12-1)14-10-22-39(38)34-15-9-16-37(30-34)49(46-24-11-23-44-43-21-7-8-25-47(43)50-48(44)46)36-28-26-33(27-29-36)45-31-35-13-2-4-18-40(35)41-19-5-6-20-42(41)45/h1-31H. The average Bonchev–Trinajstić information content (AvgIpc) is 3.57. The van der Waals surface area contributed by atoms with Crippen molar-refractivity contribution >= 4 is 80.9 Å². The van der Waals surface area contributed by atoms with E-state index in [0.29, 0.717) is 0 Å². The monoisotopic (exact) mass is 653 g/mol. The van der Waals surface area contributed by atoms with E-state index in [-0.39, 0.29) is 0 Å². The molecule has 234 valence electrons. The molecule has 50 heavy (non-hydrogen) atoms. The minimum absolute atomic E-state index is 1.12. The van der Waals surface area contributed by atoms with Gasteiger partial charge in [0.1, 0.15) is 0 Å². The van der Waals surface area contributed by atoms with Crippen LogP contribution in [0.3, 0.4) is 0 Å². The number of nitrogens with zero attached hydrogens (tertiary/aromatic N) is 1. The molecule has 10 aromatic rings. The number of benzene rings is 9. The van der Waals surface area contributed by atoms with E-state index in [1.165, 1.54) is 80.4 Å². The smallest absolute Gasteiger partial charge is 0.0640 e. The molecule has 0 saturated heterocycles. The van der Waals surface area contributed by atoms with Gasteiger partial charge < -0.3 is 4.90 Å². The van der Waals surface area contributed by atoms with E-state index in [2.05, 4.69) is 193 Å². The molecule has 0 spiro atoms. The van der Waals surface area contributed by atoms with Crippen LogP contribution in [0.4, 0.5) is 17.1 Å². The molecule has 0 aliphatic carbocycles. The van der Waals surface area contributed by atoms with Crippen LogP contribution < -0.4 is 4.90 Å². The summed E-state index contributed by atoms with van der Waals surface area (Å²) in [6, 6.07) is 68.7. The van der Waals surface area contributed by atoms with E-state index < -0.39 is 0 Å². The predicted octanol–water partition coefficient (Wildman–Crippen LogP) is 14.3. The van der Waals surface area contributed by atoms with Crippen molar-refractivity contribution < 1.29 is 0 Å². The minimum Gasteiger partial charge on any atom is -0.309 e. The normalized spacial score (nSPS) is 11.6. The summed E-state index contributed by atoms with van der Waals surface area (Å²) in [4.78, 5) is 2.44. The third-order valence-corrected chi connectivity index (χ3v) is 11.2. The largest absolute Gasteiger partial charge is 0.309 e. The summed E-state index contributed by atoms with van der Waals surface area (Å²) in [5.41, 5.74) is 8.34. The molecule has 0 radical (unpaired) electrons. The van der Waals surface area contributed by atoms with Crippen LogP contribution in [0, 0.1) is 0 Å². The molecule has 0 aliphatic rings. The van der Waals surface area contributed by atoms with Gasteiger partial charge in [-0.25, -0.2) is 0 Å². The highest BCUT2D eigenvalue weighted by Gasteiger charge is 2.19. The maximum Gasteiger partial charge on any atom is 0.0640 e. The number of rotatable bonds is 5. The molecule has 0 amide bonds. The van der Waals surface area contributed by atoms with Crippen molar-refractivity contribution in [2.24, 2.45) is 0 Å². The van der Waals surface area contributed by atoms with Crippen molar-refractivity contribution in [3.8, 4) is 22.3 Å². The second-order valence-electron chi connectivity index (χ2n) is 12.9. The fraction of sp³-hybridized carbons (Fsp3) is 0. The second kappa shape index (κ2) is 11.7. The Bertz CT molecular complexity index is 2870. The molecule has 0 atom stereocenters. The number of thiophene rings is 1. The quantitative estimate of drug-likeness (QED) is 0.167. The third-order valence-electron chi connectivity index (χ3n) is 10.0. The molecule has 1 heterocycles. The topological polar surface area (TPSA) is 3.24 Å². The first-order chi connectivity index (χ1) is 24.8. The maximum atomic E-state index is 2.44. The summed E-state index contributed by atoms with van der Waals surface area (Å²) in [5, 5.41) is 10.2. The van der Waals surface area contributed by atoms with Gasteiger partial charge in [-0.3, -0.25) is 0 Å². The summed E-state index contributed by atoms with van der Waals surface area (Å²) in [6.45, 7) is 0. The van der Waals surface area contributed by atoms with E-state index >= 15 is 0 Å². The Morgan fingerprint density at radius 1 is 0.340 bits per heavy atom. The summed E-state index contributed by atoms with van der Waals surface area (Å²) < 4.78 is 2.59. The van der Waals surface area contributed by atoms with Crippen molar-refractivity contribution in [2.75, 3.05) is 4.90 Å². The molecule has 0 fully saturated rings. The van der Waals surface area contributed by atoms with Gasteiger partial charge in [0.05, 0.1) is 10.4 Å². The highest BCUT2D eigenvalue weighted by molar-refractivity contribution is 7.26. The van der Waals surface area contributed by atoms with Crippen molar-refractivity contribution in [1.29, 1.82) is 0 Å². The summed E-state index contributed by atoms with van der Waals surface area (Å²) in [5.74, 6) is 0. The third kappa shape index (κ3) is 4.69. The first-order valence-electron chi connectivity index (χ1n) is 17.1. The zero-order valence-electron chi connectivity index (χ0n) is 27.3. The summed E-state index contributed by atoms with van der Waals surface area (Å²) >= 11 is 1.87. The lowest BCUT2D eigenvalue weighted by Crippen LogP contribution is -2.10. The van der Waals surface area contributed by atoms with Gasteiger partial charge in [0.15, 0.2) is 0 Å². The second-order valence-corrected chi connectivity index (χ2v) is 14.0. The number of hydrogen-bond donors (Lipinski definition) is 0. The van der Waals surface area contributed by atoms with Crippen LogP contribution in [-0.4, -0.2) is 0 Å². The van der Waals surface area contributed by atoms with Crippen LogP contribution in [0.1, 0.15) is 0 Å². The lowest BCUT2D eigenvalue weighted by atomic mass is 9.93. The summed E-state index contributed by atoms with van der Waals surface area (Å²) in [7, 11) is 0. The average molecular weight is 654 g/mol. The van der Waals surface area contributed by atoms with Crippen molar-refractivity contribution in [2.45, 2.75) is 0 Å². The molecule has 0 aliphatic heterocycles. The highest BCUT2D eigenvalue weighted by Crippen LogP contribution is 2.46. The molecule has 0 N–H and O–H groups in total. The first-order valence-corrected chi connectivity index (χ1v) is 17.9. The van der Waals surface area contributed by atoms with Crippen LogP contribution in [0.5, 0.6) is 0 Å². The molecule has 10 rings (SSSR count). The minimum atomic E-state index is 1.12. The zero-order chi connectivity index (χ0) is 33.0. The molecular weight excluding hydrogens is 623 g/mol. The van der Waals surface area contributed by atoms with Crippen LogP contribution >= 0.6 is 11.3 Å². The lowest BCUT2D eigenvalue weighted by Gasteiger charge is -2.27. The number of hydrogen-bond acceptors (Lipinski definition) is 2. The van der Waals surface area contributed by atoms with E-state index in [4.69, 9.17) is 0 Å². The molecule has 0 bridgehead atoms. The molecule has 0 unspecified atom stereocenters. The first kappa shape index (κ1) is 28.8.